The van der Waals surface area contributed by atoms with Crippen LogP contribution in [0.4, 0.5) is 10.1 Å². The van der Waals surface area contributed by atoms with Crippen LogP contribution in [-0.2, 0) is 20.6 Å². The second kappa shape index (κ2) is 11.7. The number of nitrogens with zero attached hydrogens (tertiary/aromatic N) is 1. The largest absolute Gasteiger partial charge is 0.354 e. The van der Waals surface area contributed by atoms with E-state index in [0.717, 1.165) is 22.2 Å². The van der Waals surface area contributed by atoms with Gasteiger partial charge >= 0.3 is 0 Å². The van der Waals surface area contributed by atoms with Gasteiger partial charge in [-0.05, 0) is 42.0 Å². The normalized spacial score (nSPS) is 11.2. The number of benzene rings is 3. The van der Waals surface area contributed by atoms with E-state index in [2.05, 4.69) is 17.4 Å². The smallest absolute Gasteiger partial charge is 0.264 e. The highest BCUT2D eigenvalue weighted by atomic mass is 32.2. The minimum atomic E-state index is -4.11. The Bertz CT molecular complexity index is 1110. The Hall–Kier alpha value is -2.84. The molecule has 0 aliphatic rings. The number of nitrogens with one attached hydrogen (secondary N) is 1. The van der Waals surface area contributed by atoms with Crippen molar-refractivity contribution in [3.8, 4) is 0 Å². The Morgan fingerprint density at radius 1 is 0.906 bits per heavy atom. The number of hydrogen-bond donors (Lipinski definition) is 1. The molecular formula is C24H25FN2O3S2. The molecule has 3 rings (SSSR count). The molecule has 0 unspecified atom stereocenters. The molecule has 5 nitrogen and oxygen atoms in total. The number of carbonyl (C=O) groups is 1. The van der Waals surface area contributed by atoms with Gasteiger partial charge in [0.05, 0.1) is 10.6 Å². The van der Waals surface area contributed by atoms with Crippen molar-refractivity contribution in [1.82, 2.24) is 5.32 Å². The number of para-hydroxylation sites is 1. The summed E-state index contributed by atoms with van der Waals surface area (Å²) in [5, 5.41) is 2.74. The van der Waals surface area contributed by atoms with Gasteiger partial charge in [0.25, 0.3) is 10.0 Å². The summed E-state index contributed by atoms with van der Waals surface area (Å²) in [7, 11) is -4.11. The minimum Gasteiger partial charge on any atom is -0.354 e. The topological polar surface area (TPSA) is 66.5 Å². The zero-order valence-electron chi connectivity index (χ0n) is 17.5. The first-order chi connectivity index (χ1) is 15.5. The fraction of sp³-hybridized carbons (Fsp3) is 0.208. The highest BCUT2D eigenvalue weighted by Gasteiger charge is 2.28. The Kier molecular flexibility index (Phi) is 8.70. The first kappa shape index (κ1) is 23.8. The summed E-state index contributed by atoms with van der Waals surface area (Å²) >= 11 is 1.77. The van der Waals surface area contributed by atoms with Crippen LogP contribution in [0.25, 0.3) is 0 Å². The van der Waals surface area contributed by atoms with Gasteiger partial charge < -0.3 is 5.32 Å². The van der Waals surface area contributed by atoms with Crippen LogP contribution in [0.5, 0.6) is 0 Å². The second-order valence-corrected chi connectivity index (χ2v) is 9.99. The fourth-order valence-corrected chi connectivity index (χ4v) is 5.40. The molecule has 1 N–H and O–H groups in total. The summed E-state index contributed by atoms with van der Waals surface area (Å²) in [6, 6.07) is 23.3. The zero-order chi connectivity index (χ0) is 22.8. The van der Waals surface area contributed by atoms with Crippen molar-refractivity contribution in [1.29, 1.82) is 0 Å². The Morgan fingerprint density at radius 2 is 1.53 bits per heavy atom. The van der Waals surface area contributed by atoms with Crippen molar-refractivity contribution >= 4 is 33.4 Å². The van der Waals surface area contributed by atoms with Crippen LogP contribution in [0.1, 0.15) is 12.0 Å². The lowest BCUT2D eigenvalue weighted by Gasteiger charge is -2.24. The van der Waals surface area contributed by atoms with Crippen molar-refractivity contribution in [3.63, 3.8) is 0 Å². The molecule has 0 saturated carbocycles. The molecule has 0 atom stereocenters. The van der Waals surface area contributed by atoms with Gasteiger partial charge in [-0.25, -0.2) is 12.8 Å². The van der Waals surface area contributed by atoms with E-state index in [-0.39, 0.29) is 10.6 Å². The van der Waals surface area contributed by atoms with Gasteiger partial charge in [-0.15, -0.1) is 0 Å². The van der Waals surface area contributed by atoms with Crippen molar-refractivity contribution in [2.75, 3.05) is 23.1 Å². The maximum atomic E-state index is 14.4. The third kappa shape index (κ3) is 6.58. The summed E-state index contributed by atoms with van der Waals surface area (Å²) in [6.45, 7) is -0.0908. The number of hydrogen-bond acceptors (Lipinski definition) is 4. The summed E-state index contributed by atoms with van der Waals surface area (Å²) in [5.41, 5.74) is 1.08. The van der Waals surface area contributed by atoms with Crippen molar-refractivity contribution in [2.24, 2.45) is 0 Å². The van der Waals surface area contributed by atoms with Crippen molar-refractivity contribution in [2.45, 2.75) is 17.1 Å². The fourth-order valence-electron chi connectivity index (χ4n) is 3.03. The van der Waals surface area contributed by atoms with Crippen LogP contribution < -0.4 is 9.62 Å². The average Bonchev–Trinajstić information content (AvgIpc) is 2.81. The van der Waals surface area contributed by atoms with E-state index in [1.807, 2.05) is 18.2 Å². The third-order valence-corrected chi connectivity index (χ3v) is 7.53. The Balaban J connectivity index is 1.59. The van der Waals surface area contributed by atoms with Gasteiger partial charge in [-0.2, -0.15) is 11.8 Å². The molecule has 168 valence electrons. The zero-order valence-corrected chi connectivity index (χ0v) is 19.1. The van der Waals surface area contributed by atoms with Crippen molar-refractivity contribution in [3.05, 3.63) is 96.3 Å². The predicted molar refractivity (Wildman–Crippen MR) is 128 cm³/mol. The lowest BCUT2D eigenvalue weighted by atomic mass is 10.2. The maximum Gasteiger partial charge on any atom is 0.264 e. The predicted octanol–water partition coefficient (Wildman–Crippen LogP) is 4.46. The first-order valence-corrected chi connectivity index (χ1v) is 12.8. The molecule has 32 heavy (non-hydrogen) atoms. The van der Waals surface area contributed by atoms with Gasteiger partial charge in [0.15, 0.2) is 0 Å². The molecule has 0 radical (unpaired) electrons. The minimum absolute atomic E-state index is 0.00614. The molecule has 0 heterocycles. The number of amides is 1. The molecule has 0 aromatic heterocycles. The third-order valence-electron chi connectivity index (χ3n) is 4.64. The van der Waals surface area contributed by atoms with E-state index in [4.69, 9.17) is 0 Å². The number of anilines is 1. The standard InChI is InChI=1S/C24H25FN2O3S2/c25-22-14-7-8-15-23(22)27(32(29,30)21-12-5-2-6-13-21)18-24(28)26-16-9-17-31-19-20-10-3-1-4-11-20/h1-8,10-15H,9,16-19H2,(H,26,28). The molecule has 0 bridgehead atoms. The van der Waals surface area contributed by atoms with Gasteiger partial charge in [0, 0.05) is 12.3 Å². The molecule has 8 heteroatoms. The highest BCUT2D eigenvalue weighted by Crippen LogP contribution is 2.25. The van der Waals surface area contributed by atoms with Crippen LogP contribution in [0.2, 0.25) is 0 Å². The van der Waals surface area contributed by atoms with E-state index in [1.165, 1.54) is 42.0 Å². The summed E-state index contributed by atoms with van der Waals surface area (Å²) in [5.74, 6) is 0.553. The molecule has 3 aromatic rings. The van der Waals surface area contributed by atoms with E-state index in [0.29, 0.717) is 6.54 Å². The molecule has 0 spiro atoms. The molecule has 0 aliphatic carbocycles. The van der Waals surface area contributed by atoms with Crippen molar-refractivity contribution < 1.29 is 17.6 Å². The molecular weight excluding hydrogens is 447 g/mol. The number of thioether (sulfide) groups is 1. The van der Waals surface area contributed by atoms with Gasteiger partial charge in [-0.1, -0.05) is 60.7 Å². The van der Waals surface area contributed by atoms with Gasteiger partial charge in [0.1, 0.15) is 12.4 Å². The van der Waals surface area contributed by atoms with Crippen LogP contribution in [0.15, 0.2) is 89.8 Å². The van der Waals surface area contributed by atoms with Crippen LogP contribution >= 0.6 is 11.8 Å². The highest BCUT2D eigenvalue weighted by molar-refractivity contribution is 7.98. The number of rotatable bonds is 11. The van der Waals surface area contributed by atoms with E-state index >= 15 is 0 Å². The SMILES string of the molecule is O=C(CN(c1ccccc1F)S(=O)(=O)c1ccccc1)NCCCSCc1ccccc1. The second-order valence-electron chi connectivity index (χ2n) is 7.02. The maximum absolute atomic E-state index is 14.4. The van der Waals surface area contributed by atoms with E-state index in [1.54, 1.807) is 30.0 Å². The number of sulfonamides is 1. The molecule has 0 aliphatic heterocycles. The summed E-state index contributed by atoms with van der Waals surface area (Å²) in [4.78, 5) is 12.5. The summed E-state index contributed by atoms with van der Waals surface area (Å²) in [6.07, 6.45) is 0.744. The summed E-state index contributed by atoms with van der Waals surface area (Å²) < 4.78 is 41.5. The van der Waals surface area contributed by atoms with Gasteiger partial charge in [-0.3, -0.25) is 9.10 Å². The molecule has 1 amide bonds. The van der Waals surface area contributed by atoms with Crippen LogP contribution in [0, 0.1) is 5.82 Å². The monoisotopic (exact) mass is 472 g/mol. The average molecular weight is 473 g/mol. The van der Waals surface area contributed by atoms with E-state index < -0.39 is 28.3 Å². The van der Waals surface area contributed by atoms with Gasteiger partial charge in [0.2, 0.25) is 5.91 Å². The van der Waals surface area contributed by atoms with Crippen LogP contribution in [-0.4, -0.2) is 33.2 Å². The molecule has 0 fully saturated rings. The first-order valence-electron chi connectivity index (χ1n) is 10.2. The Labute approximate surface area is 192 Å². The Morgan fingerprint density at radius 3 is 2.22 bits per heavy atom. The van der Waals surface area contributed by atoms with E-state index in [9.17, 15) is 17.6 Å². The number of carbonyl (C=O) groups excluding carboxylic acids is 1. The number of halogens is 1. The molecule has 3 aromatic carbocycles. The lowest BCUT2D eigenvalue weighted by Crippen LogP contribution is -2.41. The molecule has 0 saturated heterocycles. The quantitative estimate of drug-likeness (QED) is 0.419. The lowest BCUT2D eigenvalue weighted by molar-refractivity contribution is -0.119. The van der Waals surface area contributed by atoms with Crippen LogP contribution in [0.3, 0.4) is 0 Å².